The summed E-state index contributed by atoms with van der Waals surface area (Å²) >= 11 is 5.76. The van der Waals surface area contributed by atoms with Crippen molar-refractivity contribution in [2.24, 2.45) is 0 Å². The van der Waals surface area contributed by atoms with Crippen LogP contribution in [0.3, 0.4) is 0 Å². The van der Waals surface area contributed by atoms with Gasteiger partial charge in [-0.05, 0) is 43.5 Å². The fourth-order valence-electron chi connectivity index (χ4n) is 1.55. The second kappa shape index (κ2) is 6.57. The van der Waals surface area contributed by atoms with E-state index in [2.05, 4.69) is 5.32 Å². The summed E-state index contributed by atoms with van der Waals surface area (Å²) in [5, 5.41) is 3.42. The van der Waals surface area contributed by atoms with Crippen LogP contribution in [-0.2, 0) is 14.3 Å². The highest BCUT2D eigenvalue weighted by atomic mass is 35.5. The average Bonchev–Trinajstić information content (AvgIpc) is 3.22. The topological polar surface area (TPSA) is 55.4 Å². The Morgan fingerprint density at radius 2 is 2.00 bits per heavy atom. The second-order valence-corrected chi connectivity index (χ2v) is 5.18. The normalized spacial score (nSPS) is 15.9. The van der Waals surface area contributed by atoms with Crippen molar-refractivity contribution in [2.45, 2.75) is 31.9 Å². The lowest BCUT2D eigenvalue weighted by molar-refractivity contribution is -0.150. The lowest BCUT2D eigenvalue weighted by atomic mass is 10.2. The molecule has 106 valence electrons. The summed E-state index contributed by atoms with van der Waals surface area (Å²) in [4.78, 5) is 23.2. The van der Waals surface area contributed by atoms with Crippen molar-refractivity contribution in [3.63, 3.8) is 0 Å². The van der Waals surface area contributed by atoms with Crippen LogP contribution in [0.15, 0.2) is 30.3 Å². The molecule has 1 aliphatic carbocycles. The fraction of sp³-hybridized carbons (Fsp3) is 0.333. The highest BCUT2D eigenvalue weighted by molar-refractivity contribution is 6.30. The minimum absolute atomic E-state index is 0.249. The van der Waals surface area contributed by atoms with Gasteiger partial charge in [0.15, 0.2) is 6.10 Å². The van der Waals surface area contributed by atoms with E-state index in [0.717, 1.165) is 18.4 Å². The summed E-state index contributed by atoms with van der Waals surface area (Å²) in [5.41, 5.74) is 0.835. The van der Waals surface area contributed by atoms with Gasteiger partial charge >= 0.3 is 5.97 Å². The molecule has 0 spiro atoms. The molecule has 2 rings (SSSR count). The van der Waals surface area contributed by atoms with Crippen molar-refractivity contribution in [3.05, 3.63) is 40.9 Å². The quantitative estimate of drug-likeness (QED) is 0.670. The molecule has 1 aromatic rings. The van der Waals surface area contributed by atoms with Crippen molar-refractivity contribution in [2.75, 3.05) is 0 Å². The van der Waals surface area contributed by atoms with Crippen LogP contribution in [0.5, 0.6) is 0 Å². The van der Waals surface area contributed by atoms with E-state index in [4.69, 9.17) is 16.3 Å². The second-order valence-electron chi connectivity index (χ2n) is 4.75. The molecule has 0 radical (unpaired) electrons. The molecule has 0 aromatic heterocycles. The van der Waals surface area contributed by atoms with E-state index in [-0.39, 0.29) is 11.9 Å². The summed E-state index contributed by atoms with van der Waals surface area (Å²) in [6, 6.07) is 7.30. The van der Waals surface area contributed by atoms with E-state index in [1.807, 2.05) is 0 Å². The lowest BCUT2D eigenvalue weighted by Gasteiger charge is -2.11. The largest absolute Gasteiger partial charge is 0.449 e. The smallest absolute Gasteiger partial charge is 0.331 e. The van der Waals surface area contributed by atoms with E-state index in [0.29, 0.717) is 5.02 Å². The molecule has 1 atom stereocenters. The minimum atomic E-state index is -0.780. The minimum Gasteiger partial charge on any atom is -0.449 e. The summed E-state index contributed by atoms with van der Waals surface area (Å²) < 4.78 is 5.02. The number of ether oxygens (including phenoxy) is 1. The highest BCUT2D eigenvalue weighted by Crippen LogP contribution is 2.18. The Kier molecular flexibility index (Phi) is 4.79. The lowest BCUT2D eigenvalue weighted by Crippen LogP contribution is -2.36. The molecule has 1 amide bonds. The maximum atomic E-state index is 11.6. The number of nitrogens with one attached hydrogen (secondary N) is 1. The summed E-state index contributed by atoms with van der Waals surface area (Å²) in [5.74, 6) is -0.792. The fourth-order valence-corrected chi connectivity index (χ4v) is 1.68. The summed E-state index contributed by atoms with van der Waals surface area (Å²) in [6.45, 7) is 1.56. The Bertz CT molecular complexity index is 520. The predicted octanol–water partition coefficient (Wildman–Crippen LogP) is 2.56. The SMILES string of the molecule is C[C@H](OC(=O)/C=C/c1ccc(Cl)cc1)C(=O)NC1CC1. The Morgan fingerprint density at radius 1 is 1.35 bits per heavy atom. The van der Waals surface area contributed by atoms with Crippen LogP contribution in [0.1, 0.15) is 25.3 Å². The zero-order valence-electron chi connectivity index (χ0n) is 11.1. The van der Waals surface area contributed by atoms with Crippen molar-refractivity contribution in [1.29, 1.82) is 0 Å². The van der Waals surface area contributed by atoms with E-state index in [1.165, 1.54) is 6.08 Å². The number of hydrogen-bond acceptors (Lipinski definition) is 3. The summed E-state index contributed by atoms with van der Waals surface area (Å²) in [7, 11) is 0. The molecule has 1 N–H and O–H groups in total. The van der Waals surface area contributed by atoms with Gasteiger partial charge in [0, 0.05) is 17.1 Å². The van der Waals surface area contributed by atoms with Crippen LogP contribution in [-0.4, -0.2) is 24.0 Å². The van der Waals surface area contributed by atoms with Gasteiger partial charge in [-0.3, -0.25) is 4.79 Å². The van der Waals surface area contributed by atoms with E-state index in [9.17, 15) is 9.59 Å². The Hall–Kier alpha value is -1.81. The molecule has 0 aliphatic heterocycles. The van der Waals surface area contributed by atoms with E-state index < -0.39 is 12.1 Å². The van der Waals surface area contributed by atoms with Crippen molar-refractivity contribution >= 4 is 29.6 Å². The number of halogens is 1. The van der Waals surface area contributed by atoms with Gasteiger partial charge in [0.05, 0.1) is 0 Å². The zero-order valence-corrected chi connectivity index (χ0v) is 11.9. The van der Waals surface area contributed by atoms with Gasteiger partial charge in [0.1, 0.15) is 0 Å². The standard InChI is InChI=1S/C15H16ClNO3/c1-10(15(19)17-13-7-8-13)20-14(18)9-4-11-2-5-12(16)6-3-11/h2-6,9-10,13H,7-8H2,1H3,(H,17,19)/b9-4+/t10-/m0/s1. The Labute approximate surface area is 122 Å². The summed E-state index contributed by atoms with van der Waals surface area (Å²) in [6.07, 6.45) is 4.14. The number of carbonyl (C=O) groups excluding carboxylic acids is 2. The molecule has 0 bridgehead atoms. The highest BCUT2D eigenvalue weighted by Gasteiger charge is 2.26. The maximum absolute atomic E-state index is 11.6. The van der Waals surface area contributed by atoms with Crippen molar-refractivity contribution < 1.29 is 14.3 Å². The van der Waals surface area contributed by atoms with E-state index in [1.54, 1.807) is 37.3 Å². The molecule has 1 fully saturated rings. The third-order valence-corrected chi connectivity index (χ3v) is 3.12. The van der Waals surface area contributed by atoms with Crippen molar-refractivity contribution in [3.8, 4) is 0 Å². The van der Waals surface area contributed by atoms with Gasteiger partial charge in [-0.25, -0.2) is 4.79 Å². The third kappa shape index (κ3) is 4.70. The maximum Gasteiger partial charge on any atom is 0.331 e. The molecule has 5 heteroatoms. The number of hydrogen-bond donors (Lipinski definition) is 1. The number of carbonyl (C=O) groups is 2. The number of amides is 1. The predicted molar refractivity (Wildman–Crippen MR) is 77.2 cm³/mol. The molecule has 0 saturated heterocycles. The molecule has 1 aromatic carbocycles. The van der Waals surface area contributed by atoms with Crippen LogP contribution < -0.4 is 5.32 Å². The molecule has 4 nitrogen and oxygen atoms in total. The Balaban J connectivity index is 1.81. The first kappa shape index (κ1) is 14.6. The number of rotatable bonds is 5. The monoisotopic (exact) mass is 293 g/mol. The number of benzene rings is 1. The molecule has 0 heterocycles. The van der Waals surface area contributed by atoms with E-state index >= 15 is 0 Å². The van der Waals surface area contributed by atoms with Crippen LogP contribution in [0.25, 0.3) is 6.08 Å². The van der Waals surface area contributed by atoms with Gasteiger partial charge in [-0.15, -0.1) is 0 Å². The van der Waals surface area contributed by atoms with Gasteiger partial charge in [-0.1, -0.05) is 23.7 Å². The van der Waals surface area contributed by atoms with Gasteiger partial charge in [0.2, 0.25) is 0 Å². The Morgan fingerprint density at radius 3 is 2.60 bits per heavy atom. The molecular weight excluding hydrogens is 278 g/mol. The molecule has 1 aliphatic rings. The third-order valence-electron chi connectivity index (χ3n) is 2.87. The zero-order chi connectivity index (χ0) is 14.5. The number of esters is 1. The van der Waals surface area contributed by atoms with Gasteiger partial charge in [0.25, 0.3) is 5.91 Å². The van der Waals surface area contributed by atoms with Crippen LogP contribution >= 0.6 is 11.6 Å². The van der Waals surface area contributed by atoms with Crippen molar-refractivity contribution in [1.82, 2.24) is 5.32 Å². The first-order chi connectivity index (χ1) is 9.54. The first-order valence-electron chi connectivity index (χ1n) is 6.49. The van der Waals surface area contributed by atoms with Crippen LogP contribution in [0.2, 0.25) is 5.02 Å². The average molecular weight is 294 g/mol. The first-order valence-corrected chi connectivity index (χ1v) is 6.87. The van der Waals surface area contributed by atoms with Gasteiger partial charge < -0.3 is 10.1 Å². The molecule has 1 saturated carbocycles. The molecular formula is C15H16ClNO3. The van der Waals surface area contributed by atoms with Gasteiger partial charge in [-0.2, -0.15) is 0 Å². The molecule has 20 heavy (non-hydrogen) atoms. The van der Waals surface area contributed by atoms with Crippen LogP contribution in [0, 0.1) is 0 Å². The van der Waals surface area contributed by atoms with Crippen LogP contribution in [0.4, 0.5) is 0 Å². The molecule has 0 unspecified atom stereocenters.